The summed E-state index contributed by atoms with van der Waals surface area (Å²) in [7, 11) is -3.66. The van der Waals surface area contributed by atoms with Gasteiger partial charge in [-0.25, -0.2) is 22.5 Å². The van der Waals surface area contributed by atoms with Gasteiger partial charge in [-0.2, -0.15) is 4.98 Å². The van der Waals surface area contributed by atoms with Gasteiger partial charge in [-0.05, 0) is 72.9 Å². The molecule has 4 bridgehead atoms. The van der Waals surface area contributed by atoms with Crippen LogP contribution < -0.4 is 20.7 Å². The summed E-state index contributed by atoms with van der Waals surface area (Å²) in [5.41, 5.74) is 1.75. The molecule has 1 fully saturated rings. The van der Waals surface area contributed by atoms with E-state index in [1.165, 1.54) is 24.3 Å². The van der Waals surface area contributed by atoms with Gasteiger partial charge in [0.1, 0.15) is 11.6 Å². The predicted molar refractivity (Wildman–Crippen MR) is 156 cm³/mol. The van der Waals surface area contributed by atoms with E-state index in [4.69, 9.17) is 11.6 Å². The van der Waals surface area contributed by atoms with E-state index in [0.717, 1.165) is 5.56 Å². The summed E-state index contributed by atoms with van der Waals surface area (Å²) in [5, 5.41) is 9.55. The number of anilines is 4. The topological polar surface area (TPSA) is 125 Å². The van der Waals surface area contributed by atoms with E-state index in [2.05, 4.69) is 30.6 Å². The first-order valence-electron chi connectivity index (χ1n) is 13.1. The van der Waals surface area contributed by atoms with Gasteiger partial charge in [0.15, 0.2) is 0 Å². The minimum Gasteiger partial charge on any atom is -0.369 e. The van der Waals surface area contributed by atoms with Crippen LogP contribution in [-0.2, 0) is 20.2 Å². The van der Waals surface area contributed by atoms with Gasteiger partial charge in [0, 0.05) is 35.6 Å². The van der Waals surface area contributed by atoms with Crippen LogP contribution in [0.3, 0.4) is 0 Å². The Bertz CT molecular complexity index is 1760. The highest BCUT2D eigenvalue weighted by molar-refractivity contribution is 7.89. The average Bonchev–Trinajstić information content (AvgIpc) is 3.76. The van der Waals surface area contributed by atoms with Crippen LogP contribution in [0.5, 0.6) is 0 Å². The molecule has 0 radical (unpaired) electrons. The van der Waals surface area contributed by atoms with Gasteiger partial charge in [-0.1, -0.05) is 35.9 Å². The first kappa shape index (κ1) is 27.1. The maximum absolute atomic E-state index is 15.3. The zero-order valence-corrected chi connectivity index (χ0v) is 23.3. The lowest BCUT2D eigenvalue weighted by Gasteiger charge is -2.17. The molecule has 0 saturated heterocycles. The van der Waals surface area contributed by atoms with E-state index in [0.29, 0.717) is 53.5 Å². The highest BCUT2D eigenvalue weighted by Crippen LogP contribution is 2.49. The molecule has 0 unspecified atom stereocenters. The van der Waals surface area contributed by atoms with E-state index in [1.807, 2.05) is 6.07 Å². The van der Waals surface area contributed by atoms with Gasteiger partial charge in [-0.15, -0.1) is 0 Å². The Hall–Kier alpha value is -4.06. The molecular formula is C29H26ClFN6O3S. The van der Waals surface area contributed by atoms with Crippen molar-refractivity contribution in [3.8, 4) is 11.1 Å². The minimum absolute atomic E-state index is 0.0753. The molecule has 9 nitrogen and oxygen atoms in total. The molecule has 0 atom stereocenters. The first-order chi connectivity index (χ1) is 19.7. The molecule has 1 aliphatic carbocycles. The number of hydrogen-bond donors (Lipinski definition) is 4. The summed E-state index contributed by atoms with van der Waals surface area (Å²) in [6, 6.07) is 18.1. The van der Waals surface area contributed by atoms with Crippen molar-refractivity contribution in [2.24, 2.45) is 0 Å². The van der Waals surface area contributed by atoms with Crippen molar-refractivity contribution >= 4 is 50.7 Å². The van der Waals surface area contributed by atoms with Crippen LogP contribution in [0.4, 0.5) is 27.5 Å². The number of sulfonamides is 1. The van der Waals surface area contributed by atoms with Gasteiger partial charge in [0.25, 0.3) is 0 Å². The summed E-state index contributed by atoms with van der Waals surface area (Å²) < 4.78 is 43.1. The summed E-state index contributed by atoms with van der Waals surface area (Å²) in [6.45, 7) is 0.631. The number of carbonyl (C=O) groups excluding carboxylic acids is 1. The molecule has 210 valence electrons. The van der Waals surface area contributed by atoms with Crippen molar-refractivity contribution in [3.05, 3.63) is 89.3 Å². The summed E-state index contributed by atoms with van der Waals surface area (Å²) >= 11 is 6.13. The highest BCUT2D eigenvalue weighted by Gasteiger charge is 2.51. The quantitative estimate of drug-likeness (QED) is 0.248. The van der Waals surface area contributed by atoms with Crippen molar-refractivity contribution in [2.45, 2.75) is 29.6 Å². The number of nitrogens with one attached hydrogen (secondary N) is 4. The Morgan fingerprint density at radius 3 is 2.63 bits per heavy atom. The van der Waals surface area contributed by atoms with Gasteiger partial charge >= 0.3 is 0 Å². The predicted octanol–water partition coefficient (Wildman–Crippen LogP) is 5.44. The van der Waals surface area contributed by atoms with Gasteiger partial charge in [0.05, 0.1) is 16.0 Å². The Morgan fingerprint density at radius 2 is 1.85 bits per heavy atom. The number of hydrogen-bond acceptors (Lipinski definition) is 7. The molecule has 6 rings (SSSR count). The third-order valence-electron chi connectivity index (χ3n) is 7.22. The number of amides is 1. The zero-order valence-electron chi connectivity index (χ0n) is 21.7. The molecule has 1 aromatic heterocycles. The molecule has 4 N–H and O–H groups in total. The highest BCUT2D eigenvalue weighted by atomic mass is 35.5. The molecule has 4 aromatic rings. The Balaban J connectivity index is 1.26. The maximum atomic E-state index is 15.3. The lowest BCUT2D eigenvalue weighted by Crippen LogP contribution is -2.28. The Labute approximate surface area is 241 Å². The third kappa shape index (κ3) is 5.61. The SMILES string of the molecule is O=C(Nc1ccc(-c2cnc3nc2NCCCNS(=O)(=O)c2cccc(c2)N3)cc1F)C1(c2cccc(Cl)c2)CC1. The molecule has 1 saturated carbocycles. The average molecular weight is 593 g/mol. The fraction of sp³-hybridized carbons (Fsp3) is 0.207. The molecule has 0 spiro atoms. The van der Waals surface area contributed by atoms with Crippen LogP contribution in [0.25, 0.3) is 11.1 Å². The van der Waals surface area contributed by atoms with E-state index in [-0.39, 0.29) is 29.0 Å². The Morgan fingerprint density at radius 1 is 1.02 bits per heavy atom. The molecule has 12 heteroatoms. The van der Waals surface area contributed by atoms with Crippen LogP contribution >= 0.6 is 11.6 Å². The second-order valence-electron chi connectivity index (χ2n) is 10.0. The lowest BCUT2D eigenvalue weighted by molar-refractivity contribution is -0.118. The fourth-order valence-electron chi connectivity index (χ4n) is 4.83. The number of aromatic nitrogens is 2. The van der Waals surface area contributed by atoms with Crippen molar-refractivity contribution in [1.82, 2.24) is 14.7 Å². The number of halogens is 2. The van der Waals surface area contributed by atoms with Crippen LogP contribution in [0.2, 0.25) is 5.02 Å². The van der Waals surface area contributed by atoms with E-state index >= 15 is 4.39 Å². The fourth-order valence-corrected chi connectivity index (χ4v) is 6.14. The molecule has 2 aliphatic rings. The van der Waals surface area contributed by atoms with E-state index in [1.54, 1.807) is 42.6 Å². The second-order valence-corrected chi connectivity index (χ2v) is 12.2. The number of nitrogens with zero attached hydrogens (tertiary/aromatic N) is 2. The third-order valence-corrected chi connectivity index (χ3v) is 8.91. The molecule has 1 aliphatic heterocycles. The largest absolute Gasteiger partial charge is 0.369 e. The monoisotopic (exact) mass is 592 g/mol. The summed E-state index contributed by atoms with van der Waals surface area (Å²) in [6.07, 6.45) is 3.38. The molecule has 1 amide bonds. The van der Waals surface area contributed by atoms with Crippen molar-refractivity contribution in [1.29, 1.82) is 0 Å². The minimum atomic E-state index is -3.66. The van der Waals surface area contributed by atoms with Crippen molar-refractivity contribution in [3.63, 3.8) is 0 Å². The lowest BCUT2D eigenvalue weighted by atomic mass is 9.95. The van der Waals surface area contributed by atoms with Gasteiger partial charge < -0.3 is 16.0 Å². The van der Waals surface area contributed by atoms with Crippen LogP contribution in [0.1, 0.15) is 24.8 Å². The van der Waals surface area contributed by atoms with Gasteiger partial charge in [0.2, 0.25) is 21.9 Å². The zero-order chi connectivity index (χ0) is 28.6. The second kappa shape index (κ2) is 10.7. The van der Waals surface area contributed by atoms with Crippen molar-refractivity contribution in [2.75, 3.05) is 29.0 Å². The van der Waals surface area contributed by atoms with E-state index in [9.17, 15) is 13.2 Å². The number of rotatable bonds is 4. The van der Waals surface area contributed by atoms with Gasteiger partial charge in [-0.3, -0.25) is 4.79 Å². The van der Waals surface area contributed by atoms with Crippen LogP contribution in [-0.4, -0.2) is 37.4 Å². The maximum Gasteiger partial charge on any atom is 0.240 e. The van der Waals surface area contributed by atoms with E-state index < -0.39 is 21.3 Å². The van der Waals surface area contributed by atoms with Crippen LogP contribution in [0.15, 0.2) is 77.8 Å². The number of benzene rings is 3. The number of carbonyl (C=O) groups is 1. The molecule has 3 aromatic carbocycles. The first-order valence-corrected chi connectivity index (χ1v) is 14.9. The molecule has 41 heavy (non-hydrogen) atoms. The normalized spacial score (nSPS) is 17.0. The molecule has 2 heterocycles. The summed E-state index contributed by atoms with van der Waals surface area (Å²) in [4.78, 5) is 22.3. The standard InChI is InChI=1S/C29H26ClFN6O3S/c30-20-5-1-4-19(15-20)29(10-11-29)27(38)36-25-9-8-18(14-24(25)31)23-17-33-28-35-21-6-2-7-22(16-21)41(39,40)34-13-3-12-32-26(23)37-28/h1-2,4-9,14-17,34H,3,10-13H2,(H,36,38)(H2,32,33,35,37). The van der Waals surface area contributed by atoms with Crippen LogP contribution in [0, 0.1) is 5.82 Å². The number of fused-ring (bicyclic) bond motifs is 4. The smallest absolute Gasteiger partial charge is 0.240 e. The van der Waals surface area contributed by atoms with Crippen molar-refractivity contribution < 1.29 is 17.6 Å². The molecular weight excluding hydrogens is 567 g/mol. The summed E-state index contributed by atoms with van der Waals surface area (Å²) in [5.74, 6) is -0.166. The Kier molecular flexibility index (Phi) is 7.10.